The fourth-order valence-electron chi connectivity index (χ4n) is 2.85. The molecule has 0 aliphatic heterocycles. The highest BCUT2D eigenvalue weighted by atomic mass is 16.4. The molecule has 0 saturated heterocycles. The Morgan fingerprint density at radius 3 is 2.56 bits per heavy atom. The Hall–Kier alpha value is -3.28. The number of anilines is 3. The highest BCUT2D eigenvalue weighted by Crippen LogP contribution is 2.29. The summed E-state index contributed by atoms with van der Waals surface area (Å²) in [6, 6.07) is 12.4. The molecule has 140 valence electrons. The van der Waals surface area contributed by atoms with Gasteiger partial charge in [-0.15, -0.1) is 0 Å². The highest BCUT2D eigenvalue weighted by molar-refractivity contribution is 6.06. The Morgan fingerprint density at radius 1 is 1.00 bits per heavy atom. The van der Waals surface area contributed by atoms with Crippen LogP contribution in [0.15, 0.2) is 51.7 Å². The summed E-state index contributed by atoms with van der Waals surface area (Å²) in [7, 11) is 0. The molecule has 0 unspecified atom stereocenters. The number of rotatable bonds is 5. The summed E-state index contributed by atoms with van der Waals surface area (Å²) in [4.78, 5) is 25.0. The first-order valence-corrected chi connectivity index (χ1v) is 8.95. The number of benzene rings is 2. The molecule has 1 aromatic heterocycles. The van der Waals surface area contributed by atoms with Gasteiger partial charge in [0.1, 0.15) is 5.58 Å². The van der Waals surface area contributed by atoms with E-state index in [0.29, 0.717) is 23.5 Å². The molecule has 6 heteroatoms. The zero-order chi connectivity index (χ0) is 19.4. The summed E-state index contributed by atoms with van der Waals surface area (Å²) in [6.07, 6.45) is 0.878. The summed E-state index contributed by atoms with van der Waals surface area (Å²) in [5.41, 5.74) is 3.29. The van der Waals surface area contributed by atoms with Crippen LogP contribution in [-0.2, 0) is 0 Å². The van der Waals surface area contributed by atoms with Gasteiger partial charge in [0.15, 0.2) is 5.69 Å². The Bertz CT molecular complexity index is 1040. The standard InChI is InChI=1S/C21H23N3O3/c1-4-12-22-18-15-9-5-6-11-17(15)27-20(25)19(18)24-21(26)23-16-10-7-8-13(2)14(16)3/h5-11,22H,4,12H2,1-3H3,(H2,23,24,26). The van der Waals surface area contributed by atoms with Gasteiger partial charge in [0.2, 0.25) is 0 Å². The number of urea groups is 1. The van der Waals surface area contributed by atoms with Gasteiger partial charge in [-0.3, -0.25) is 5.32 Å². The molecule has 0 aliphatic carbocycles. The number of hydrogen-bond acceptors (Lipinski definition) is 4. The zero-order valence-corrected chi connectivity index (χ0v) is 15.7. The Morgan fingerprint density at radius 2 is 1.78 bits per heavy atom. The molecule has 0 saturated carbocycles. The van der Waals surface area contributed by atoms with Gasteiger partial charge in [0, 0.05) is 17.6 Å². The van der Waals surface area contributed by atoms with E-state index < -0.39 is 11.7 Å². The minimum absolute atomic E-state index is 0.102. The molecule has 2 amide bonds. The summed E-state index contributed by atoms with van der Waals surface area (Å²) < 4.78 is 5.37. The number of carbonyl (C=O) groups is 1. The van der Waals surface area contributed by atoms with E-state index in [1.165, 1.54) is 0 Å². The molecule has 0 bridgehead atoms. The fraction of sp³-hybridized carbons (Fsp3) is 0.238. The largest absolute Gasteiger partial charge is 0.421 e. The van der Waals surface area contributed by atoms with Gasteiger partial charge in [0.25, 0.3) is 0 Å². The molecule has 0 radical (unpaired) electrons. The normalized spacial score (nSPS) is 10.6. The monoisotopic (exact) mass is 365 g/mol. The highest BCUT2D eigenvalue weighted by Gasteiger charge is 2.17. The second kappa shape index (κ2) is 7.95. The maximum absolute atomic E-state index is 12.5. The number of hydrogen-bond donors (Lipinski definition) is 3. The summed E-state index contributed by atoms with van der Waals surface area (Å²) in [5, 5.41) is 9.43. The topological polar surface area (TPSA) is 83.4 Å². The average Bonchev–Trinajstić information content (AvgIpc) is 2.65. The van der Waals surface area contributed by atoms with Gasteiger partial charge in [-0.25, -0.2) is 9.59 Å². The Labute approximate surface area is 157 Å². The van der Waals surface area contributed by atoms with Crippen LogP contribution >= 0.6 is 0 Å². The first-order chi connectivity index (χ1) is 13.0. The number of fused-ring (bicyclic) bond motifs is 1. The minimum Gasteiger partial charge on any atom is -0.421 e. The first-order valence-electron chi connectivity index (χ1n) is 8.95. The number of aryl methyl sites for hydroxylation is 1. The van der Waals surface area contributed by atoms with Crippen molar-refractivity contribution in [2.45, 2.75) is 27.2 Å². The molecular formula is C21H23N3O3. The van der Waals surface area contributed by atoms with Crippen LogP contribution in [-0.4, -0.2) is 12.6 Å². The van der Waals surface area contributed by atoms with Crippen molar-refractivity contribution < 1.29 is 9.21 Å². The molecule has 0 spiro atoms. The van der Waals surface area contributed by atoms with Crippen LogP contribution in [0, 0.1) is 13.8 Å². The van der Waals surface area contributed by atoms with Crippen LogP contribution in [0.5, 0.6) is 0 Å². The van der Waals surface area contributed by atoms with Crippen molar-refractivity contribution in [1.82, 2.24) is 0 Å². The van der Waals surface area contributed by atoms with Crippen molar-refractivity contribution in [2.24, 2.45) is 0 Å². The Kier molecular flexibility index (Phi) is 5.45. The molecule has 1 heterocycles. The quantitative estimate of drug-likeness (QED) is 0.563. The van der Waals surface area contributed by atoms with Crippen molar-refractivity contribution in [2.75, 3.05) is 22.5 Å². The Balaban J connectivity index is 1.95. The van der Waals surface area contributed by atoms with E-state index in [2.05, 4.69) is 16.0 Å². The van der Waals surface area contributed by atoms with Crippen molar-refractivity contribution in [3.05, 3.63) is 64.0 Å². The number of nitrogens with one attached hydrogen (secondary N) is 3. The van der Waals surface area contributed by atoms with Gasteiger partial charge in [-0.1, -0.05) is 31.2 Å². The molecule has 0 aliphatic rings. The van der Waals surface area contributed by atoms with E-state index in [4.69, 9.17) is 4.42 Å². The van der Waals surface area contributed by atoms with Gasteiger partial charge < -0.3 is 15.1 Å². The molecule has 27 heavy (non-hydrogen) atoms. The molecule has 2 aromatic carbocycles. The lowest BCUT2D eigenvalue weighted by Crippen LogP contribution is -2.25. The van der Waals surface area contributed by atoms with Crippen molar-refractivity contribution >= 4 is 34.1 Å². The molecule has 3 aromatic rings. The van der Waals surface area contributed by atoms with E-state index in [1.54, 1.807) is 12.1 Å². The average molecular weight is 365 g/mol. The molecule has 3 rings (SSSR count). The van der Waals surface area contributed by atoms with Crippen molar-refractivity contribution in [3.63, 3.8) is 0 Å². The lowest BCUT2D eigenvalue weighted by Gasteiger charge is -2.15. The molecule has 6 nitrogen and oxygen atoms in total. The SMILES string of the molecule is CCCNc1c(NC(=O)Nc2cccc(C)c2C)c(=O)oc2ccccc12. The smallest absolute Gasteiger partial charge is 0.362 e. The van der Waals surface area contributed by atoms with Crippen LogP contribution in [0.4, 0.5) is 21.9 Å². The zero-order valence-electron chi connectivity index (χ0n) is 15.7. The summed E-state index contributed by atoms with van der Waals surface area (Å²) in [5.74, 6) is 0. The number of carbonyl (C=O) groups excluding carboxylic acids is 1. The summed E-state index contributed by atoms with van der Waals surface area (Å²) in [6.45, 7) is 6.61. The van der Waals surface area contributed by atoms with Crippen molar-refractivity contribution in [3.8, 4) is 0 Å². The van der Waals surface area contributed by atoms with E-state index >= 15 is 0 Å². The van der Waals surface area contributed by atoms with Crippen LogP contribution in [0.3, 0.4) is 0 Å². The van der Waals surface area contributed by atoms with Gasteiger partial charge in [-0.2, -0.15) is 0 Å². The molecule has 0 fully saturated rings. The molecule has 0 atom stereocenters. The number of amides is 2. The minimum atomic E-state index is -0.594. The van der Waals surface area contributed by atoms with Gasteiger partial charge >= 0.3 is 11.7 Å². The second-order valence-corrected chi connectivity index (χ2v) is 6.39. The third kappa shape index (κ3) is 3.95. The van der Waals surface area contributed by atoms with Gasteiger partial charge in [-0.05, 0) is 49.6 Å². The lowest BCUT2D eigenvalue weighted by atomic mass is 10.1. The van der Waals surface area contributed by atoms with Crippen molar-refractivity contribution in [1.29, 1.82) is 0 Å². The van der Waals surface area contributed by atoms with E-state index in [1.807, 2.05) is 51.1 Å². The van der Waals surface area contributed by atoms with Crippen LogP contribution < -0.4 is 21.6 Å². The maximum atomic E-state index is 12.5. The van der Waals surface area contributed by atoms with Crippen LogP contribution in [0.2, 0.25) is 0 Å². The van der Waals surface area contributed by atoms with Crippen LogP contribution in [0.1, 0.15) is 24.5 Å². The molecular weight excluding hydrogens is 342 g/mol. The predicted octanol–water partition coefficient (Wildman–Crippen LogP) is 4.88. The van der Waals surface area contributed by atoms with E-state index in [-0.39, 0.29) is 5.69 Å². The summed E-state index contributed by atoms with van der Waals surface area (Å²) >= 11 is 0. The first kappa shape index (κ1) is 18.5. The number of para-hydroxylation sites is 1. The van der Waals surface area contributed by atoms with Crippen LogP contribution in [0.25, 0.3) is 11.0 Å². The van der Waals surface area contributed by atoms with E-state index in [0.717, 1.165) is 22.9 Å². The van der Waals surface area contributed by atoms with Gasteiger partial charge in [0.05, 0.1) is 5.69 Å². The predicted molar refractivity (Wildman–Crippen MR) is 110 cm³/mol. The third-order valence-corrected chi connectivity index (χ3v) is 4.46. The van der Waals surface area contributed by atoms with E-state index in [9.17, 15) is 9.59 Å². The third-order valence-electron chi connectivity index (χ3n) is 4.46. The fourth-order valence-corrected chi connectivity index (χ4v) is 2.85. The maximum Gasteiger partial charge on any atom is 0.362 e. The lowest BCUT2D eigenvalue weighted by molar-refractivity contribution is 0.262. The molecule has 3 N–H and O–H groups in total. The second-order valence-electron chi connectivity index (χ2n) is 6.39.